The normalized spacial score (nSPS) is 20.5. The van der Waals surface area contributed by atoms with E-state index in [-0.39, 0.29) is 13.2 Å². The number of carbonyl (C=O) groups excluding carboxylic acids is 1. The summed E-state index contributed by atoms with van der Waals surface area (Å²) in [4.78, 5) is 13.7. The summed E-state index contributed by atoms with van der Waals surface area (Å²) >= 11 is 1.63. The second-order valence-electron chi connectivity index (χ2n) is 12.9. The highest BCUT2D eigenvalue weighted by atomic mass is 32.2. The van der Waals surface area contributed by atoms with E-state index in [0.29, 0.717) is 19.8 Å². The molecule has 0 amide bonds. The van der Waals surface area contributed by atoms with Gasteiger partial charge in [0, 0.05) is 0 Å². The van der Waals surface area contributed by atoms with Gasteiger partial charge in [-0.2, -0.15) is 0 Å². The SMILES string of the molecule is CCS[C@@H]1O[C@H](COCc2ccccc2)[C@H](OC(=O)OCc2cccc3c2Cc2ccccc2-3)[C@H](OCc2ccccc2)[C@H]1OCc1ccccc1. The average Bonchev–Trinajstić information content (AvgIpc) is 3.57. The van der Waals surface area contributed by atoms with Crippen LogP contribution in [0, 0.1) is 0 Å². The third kappa shape index (κ3) is 8.95. The van der Waals surface area contributed by atoms with E-state index in [4.69, 9.17) is 28.4 Å². The summed E-state index contributed by atoms with van der Waals surface area (Å²) in [5.74, 6) is 0.789. The first-order chi connectivity index (χ1) is 25.7. The van der Waals surface area contributed by atoms with Crippen LogP contribution in [-0.4, -0.2) is 48.4 Å². The van der Waals surface area contributed by atoms with Crippen LogP contribution in [0.3, 0.4) is 0 Å². The van der Waals surface area contributed by atoms with Gasteiger partial charge in [-0.25, -0.2) is 4.79 Å². The standard InChI is InChI=1S/C44H44O7S/c1-2-52-43-42(48-28-33-19-10-5-11-20-33)41(47-27-32-17-8-4-9-18-32)40(39(50-43)30-46-26-31-15-6-3-7-16-31)51-44(45)49-29-35-22-14-24-37-36-23-13-12-21-34(36)25-38(35)37/h3-24,39-43H,2,25-30H2,1H3/t39-,40+,41+,42-,43+/m1/s1. The Morgan fingerprint density at radius 1 is 0.654 bits per heavy atom. The molecular weight excluding hydrogens is 673 g/mol. The summed E-state index contributed by atoms with van der Waals surface area (Å²) in [5.41, 5.74) is 8.44. The van der Waals surface area contributed by atoms with Crippen LogP contribution in [0.1, 0.15) is 40.3 Å². The topological polar surface area (TPSA) is 72.5 Å². The first kappa shape index (κ1) is 35.9. The van der Waals surface area contributed by atoms with Crippen LogP contribution in [0.15, 0.2) is 133 Å². The molecular formula is C44H44O7S. The zero-order valence-electron chi connectivity index (χ0n) is 29.3. The fourth-order valence-electron chi connectivity index (χ4n) is 6.86. The van der Waals surface area contributed by atoms with Crippen molar-refractivity contribution in [2.75, 3.05) is 12.4 Å². The summed E-state index contributed by atoms with van der Waals surface area (Å²) in [6.45, 7) is 3.36. The highest BCUT2D eigenvalue weighted by molar-refractivity contribution is 7.99. The fourth-order valence-corrected chi connectivity index (χ4v) is 7.83. The molecule has 0 unspecified atom stereocenters. The molecule has 0 saturated carbocycles. The van der Waals surface area contributed by atoms with Gasteiger partial charge in [0.1, 0.15) is 30.4 Å². The van der Waals surface area contributed by atoms with E-state index in [9.17, 15) is 4.79 Å². The Kier molecular flexibility index (Phi) is 12.3. The molecule has 1 saturated heterocycles. The molecule has 7 rings (SSSR count). The smallest absolute Gasteiger partial charge is 0.429 e. The quantitative estimate of drug-likeness (QED) is 0.0975. The van der Waals surface area contributed by atoms with Crippen molar-refractivity contribution in [1.29, 1.82) is 0 Å². The first-order valence-corrected chi connectivity index (χ1v) is 18.9. The number of carbonyl (C=O) groups is 1. The second kappa shape index (κ2) is 17.9. The van der Waals surface area contributed by atoms with Crippen molar-refractivity contribution in [3.05, 3.63) is 167 Å². The zero-order valence-corrected chi connectivity index (χ0v) is 30.1. The Balaban J connectivity index is 1.13. The molecule has 5 aromatic rings. The molecule has 52 heavy (non-hydrogen) atoms. The Bertz CT molecular complexity index is 1870. The van der Waals surface area contributed by atoms with Gasteiger partial charge in [0.15, 0.2) is 6.10 Å². The summed E-state index contributed by atoms with van der Waals surface area (Å²) in [7, 11) is 0. The number of rotatable bonds is 15. The molecule has 5 atom stereocenters. The highest BCUT2D eigenvalue weighted by Crippen LogP contribution is 2.39. The highest BCUT2D eigenvalue weighted by Gasteiger charge is 2.50. The van der Waals surface area contributed by atoms with Crippen molar-refractivity contribution in [2.45, 2.75) is 69.6 Å². The van der Waals surface area contributed by atoms with Gasteiger partial charge in [0.25, 0.3) is 0 Å². The number of benzene rings is 5. The van der Waals surface area contributed by atoms with E-state index in [0.717, 1.165) is 34.4 Å². The maximum atomic E-state index is 13.7. The minimum atomic E-state index is -0.882. The van der Waals surface area contributed by atoms with Crippen molar-refractivity contribution < 1.29 is 33.2 Å². The summed E-state index contributed by atoms with van der Waals surface area (Å²) in [5, 5.41) is 0. The molecule has 0 bridgehead atoms. The van der Waals surface area contributed by atoms with Crippen molar-refractivity contribution in [3.8, 4) is 11.1 Å². The second-order valence-corrected chi connectivity index (χ2v) is 14.3. The fraction of sp³-hybridized carbons (Fsp3) is 0.295. The molecule has 1 aliphatic heterocycles. The summed E-state index contributed by atoms with van der Waals surface area (Å²) < 4.78 is 38.4. The Morgan fingerprint density at radius 2 is 1.25 bits per heavy atom. The van der Waals surface area contributed by atoms with Crippen LogP contribution >= 0.6 is 11.8 Å². The van der Waals surface area contributed by atoms with Gasteiger partial charge in [-0.15, -0.1) is 11.8 Å². The summed E-state index contributed by atoms with van der Waals surface area (Å²) in [6.07, 6.45) is -2.78. The predicted molar refractivity (Wildman–Crippen MR) is 203 cm³/mol. The predicted octanol–water partition coefficient (Wildman–Crippen LogP) is 9.15. The largest absolute Gasteiger partial charge is 0.509 e. The number of ether oxygens (including phenoxy) is 6. The van der Waals surface area contributed by atoms with Crippen LogP contribution in [0.4, 0.5) is 4.79 Å². The number of fused-ring (bicyclic) bond motifs is 3. The molecule has 5 aromatic carbocycles. The maximum Gasteiger partial charge on any atom is 0.509 e. The number of thioether (sulfide) groups is 1. The molecule has 0 radical (unpaired) electrons. The monoisotopic (exact) mass is 716 g/mol. The zero-order chi connectivity index (χ0) is 35.5. The molecule has 0 spiro atoms. The average molecular weight is 717 g/mol. The lowest BCUT2D eigenvalue weighted by Crippen LogP contribution is -2.60. The van der Waals surface area contributed by atoms with Crippen LogP contribution in [0.2, 0.25) is 0 Å². The van der Waals surface area contributed by atoms with Crippen molar-refractivity contribution in [1.82, 2.24) is 0 Å². The van der Waals surface area contributed by atoms with E-state index in [1.165, 1.54) is 22.3 Å². The molecule has 1 fully saturated rings. The Morgan fingerprint density at radius 3 is 1.92 bits per heavy atom. The van der Waals surface area contributed by atoms with Gasteiger partial charge in [-0.1, -0.05) is 140 Å². The van der Waals surface area contributed by atoms with Gasteiger partial charge < -0.3 is 28.4 Å². The Labute approximate surface area is 310 Å². The van der Waals surface area contributed by atoms with Crippen LogP contribution in [0.25, 0.3) is 11.1 Å². The maximum absolute atomic E-state index is 13.7. The van der Waals surface area contributed by atoms with Gasteiger partial charge in [-0.05, 0) is 56.7 Å². The van der Waals surface area contributed by atoms with E-state index in [1.807, 2.05) is 103 Å². The number of hydrogen-bond donors (Lipinski definition) is 0. The summed E-state index contributed by atoms with van der Waals surface area (Å²) in [6, 6.07) is 44.5. The Hall–Kier alpha value is -4.44. The van der Waals surface area contributed by atoms with E-state index >= 15 is 0 Å². The minimum Gasteiger partial charge on any atom is -0.429 e. The van der Waals surface area contributed by atoms with Crippen LogP contribution < -0.4 is 0 Å². The molecule has 1 aliphatic carbocycles. The van der Waals surface area contributed by atoms with Gasteiger partial charge >= 0.3 is 6.16 Å². The lowest BCUT2D eigenvalue weighted by Gasteiger charge is -2.45. The molecule has 2 aliphatic rings. The minimum absolute atomic E-state index is 0.0799. The first-order valence-electron chi connectivity index (χ1n) is 17.9. The van der Waals surface area contributed by atoms with Crippen molar-refractivity contribution in [3.63, 3.8) is 0 Å². The van der Waals surface area contributed by atoms with Crippen LogP contribution in [0.5, 0.6) is 0 Å². The molecule has 1 heterocycles. The van der Waals surface area contributed by atoms with Crippen molar-refractivity contribution >= 4 is 17.9 Å². The molecule has 7 nitrogen and oxygen atoms in total. The molecule has 8 heteroatoms. The van der Waals surface area contributed by atoms with Gasteiger partial charge in [-0.3, -0.25) is 0 Å². The molecule has 268 valence electrons. The van der Waals surface area contributed by atoms with Gasteiger partial charge in [0.05, 0.1) is 26.4 Å². The van der Waals surface area contributed by atoms with Gasteiger partial charge in [0.2, 0.25) is 0 Å². The third-order valence-electron chi connectivity index (χ3n) is 9.41. The van der Waals surface area contributed by atoms with E-state index in [1.54, 1.807) is 11.8 Å². The van der Waals surface area contributed by atoms with E-state index in [2.05, 4.69) is 37.3 Å². The van der Waals surface area contributed by atoms with Crippen molar-refractivity contribution in [2.24, 2.45) is 0 Å². The lowest BCUT2D eigenvalue weighted by atomic mass is 9.99. The van der Waals surface area contributed by atoms with E-state index < -0.39 is 36.0 Å². The number of hydrogen-bond acceptors (Lipinski definition) is 8. The molecule has 0 aromatic heterocycles. The van der Waals surface area contributed by atoms with Crippen LogP contribution in [-0.2, 0) is 61.3 Å². The molecule has 0 N–H and O–H groups in total. The third-order valence-corrected chi connectivity index (χ3v) is 10.5. The lowest BCUT2D eigenvalue weighted by molar-refractivity contribution is -0.243.